The molecule has 124 valence electrons. The third-order valence-corrected chi connectivity index (χ3v) is 5.06. The monoisotopic (exact) mass is 334 g/mol. The molecule has 2 N–H and O–H groups in total. The molecule has 0 spiro atoms. The van der Waals surface area contributed by atoms with Crippen LogP contribution in [0.3, 0.4) is 0 Å². The van der Waals surface area contributed by atoms with Crippen LogP contribution >= 0.6 is 11.8 Å². The van der Waals surface area contributed by atoms with Gasteiger partial charge in [0.25, 0.3) is 0 Å². The minimum Gasteiger partial charge on any atom is -0.497 e. The molecule has 6 nitrogen and oxygen atoms in total. The molecule has 7 heteroatoms. The van der Waals surface area contributed by atoms with E-state index in [1.54, 1.807) is 18.9 Å². The summed E-state index contributed by atoms with van der Waals surface area (Å²) in [6, 6.07) is 7.86. The minimum atomic E-state index is 0.345. The Morgan fingerprint density at radius 2 is 2.35 bits per heavy atom. The zero-order valence-corrected chi connectivity index (χ0v) is 14.1. The largest absolute Gasteiger partial charge is 0.497 e. The Morgan fingerprint density at radius 3 is 3.09 bits per heavy atom. The van der Waals surface area contributed by atoms with E-state index in [0.717, 1.165) is 47.8 Å². The van der Waals surface area contributed by atoms with Crippen molar-refractivity contribution in [3.05, 3.63) is 30.1 Å². The van der Waals surface area contributed by atoms with Crippen molar-refractivity contribution in [2.75, 3.05) is 26.1 Å². The van der Waals surface area contributed by atoms with Crippen LogP contribution in [0.25, 0.3) is 5.69 Å². The van der Waals surface area contributed by atoms with E-state index in [4.69, 9.17) is 15.2 Å². The van der Waals surface area contributed by atoms with Crippen LogP contribution in [0.2, 0.25) is 0 Å². The van der Waals surface area contributed by atoms with Crippen molar-refractivity contribution in [3.8, 4) is 11.4 Å². The fourth-order valence-electron chi connectivity index (χ4n) is 2.67. The number of thioether (sulfide) groups is 1. The van der Waals surface area contributed by atoms with Gasteiger partial charge in [0.1, 0.15) is 5.75 Å². The molecule has 0 amide bonds. The Morgan fingerprint density at radius 1 is 1.43 bits per heavy atom. The van der Waals surface area contributed by atoms with Gasteiger partial charge >= 0.3 is 0 Å². The minimum absolute atomic E-state index is 0.345. The third-order valence-electron chi connectivity index (χ3n) is 3.90. The van der Waals surface area contributed by atoms with Gasteiger partial charge in [-0.1, -0.05) is 17.8 Å². The number of aromatic nitrogens is 3. The van der Waals surface area contributed by atoms with Gasteiger partial charge in [0, 0.05) is 18.4 Å². The number of nitrogens with two attached hydrogens (primary N) is 1. The fourth-order valence-corrected chi connectivity index (χ4v) is 3.75. The number of hydrogen-bond donors (Lipinski definition) is 1. The summed E-state index contributed by atoms with van der Waals surface area (Å²) in [5, 5.41) is 9.41. The van der Waals surface area contributed by atoms with E-state index in [9.17, 15) is 0 Å². The normalized spacial score (nSPS) is 18.1. The topological polar surface area (TPSA) is 75.2 Å². The number of rotatable bonds is 6. The van der Waals surface area contributed by atoms with Crippen LogP contribution in [0.5, 0.6) is 5.75 Å². The van der Waals surface area contributed by atoms with Crippen molar-refractivity contribution in [2.45, 2.75) is 24.5 Å². The van der Waals surface area contributed by atoms with Crippen LogP contribution in [-0.2, 0) is 11.3 Å². The molecule has 0 unspecified atom stereocenters. The summed E-state index contributed by atoms with van der Waals surface area (Å²) >= 11 is 1.71. The first kappa shape index (κ1) is 16.3. The Bertz CT molecular complexity index is 641. The highest BCUT2D eigenvalue weighted by Crippen LogP contribution is 2.27. The van der Waals surface area contributed by atoms with Crippen molar-refractivity contribution in [2.24, 2.45) is 11.7 Å². The SMILES string of the molecule is COc1cccc(-n2c(CN)nnc2SC[C@@H]2CCCOC2)c1. The Labute approximate surface area is 140 Å². The van der Waals surface area contributed by atoms with Gasteiger partial charge in [-0.05, 0) is 30.9 Å². The van der Waals surface area contributed by atoms with Crippen LogP contribution in [0.15, 0.2) is 29.4 Å². The highest BCUT2D eigenvalue weighted by Gasteiger charge is 2.18. The van der Waals surface area contributed by atoms with Crippen molar-refractivity contribution in [3.63, 3.8) is 0 Å². The van der Waals surface area contributed by atoms with Gasteiger partial charge in [0.2, 0.25) is 0 Å². The van der Waals surface area contributed by atoms with Crippen molar-refractivity contribution < 1.29 is 9.47 Å². The molecule has 1 saturated heterocycles. The number of nitrogens with zero attached hydrogens (tertiary/aromatic N) is 3. The second-order valence-electron chi connectivity index (χ2n) is 5.53. The van der Waals surface area contributed by atoms with E-state index >= 15 is 0 Å². The fraction of sp³-hybridized carbons (Fsp3) is 0.500. The molecule has 0 bridgehead atoms. The van der Waals surface area contributed by atoms with E-state index in [1.807, 2.05) is 28.8 Å². The van der Waals surface area contributed by atoms with Crippen LogP contribution in [0, 0.1) is 5.92 Å². The molecule has 2 heterocycles. The van der Waals surface area contributed by atoms with Gasteiger partial charge in [0.15, 0.2) is 11.0 Å². The van der Waals surface area contributed by atoms with Gasteiger partial charge in [-0.3, -0.25) is 4.57 Å². The van der Waals surface area contributed by atoms with Crippen LogP contribution < -0.4 is 10.5 Å². The molecular formula is C16H22N4O2S. The molecule has 0 radical (unpaired) electrons. The first-order valence-electron chi connectivity index (χ1n) is 7.81. The van der Waals surface area contributed by atoms with E-state index in [2.05, 4.69) is 10.2 Å². The molecule has 0 saturated carbocycles. The Kier molecular flexibility index (Phi) is 5.53. The van der Waals surface area contributed by atoms with Gasteiger partial charge in [-0.2, -0.15) is 0 Å². The maximum absolute atomic E-state index is 5.83. The quantitative estimate of drug-likeness (QED) is 0.817. The molecule has 1 fully saturated rings. The second-order valence-corrected chi connectivity index (χ2v) is 6.52. The lowest BCUT2D eigenvalue weighted by Crippen LogP contribution is -2.19. The lowest BCUT2D eigenvalue weighted by Gasteiger charge is -2.21. The molecule has 2 aromatic rings. The summed E-state index contributed by atoms with van der Waals surface area (Å²) in [5.41, 5.74) is 6.80. The summed E-state index contributed by atoms with van der Waals surface area (Å²) in [7, 11) is 1.66. The molecule has 1 atom stereocenters. The van der Waals surface area contributed by atoms with Crippen LogP contribution in [0.1, 0.15) is 18.7 Å². The van der Waals surface area contributed by atoms with Gasteiger partial charge < -0.3 is 15.2 Å². The summed E-state index contributed by atoms with van der Waals surface area (Å²) in [6.45, 7) is 2.07. The van der Waals surface area contributed by atoms with Crippen LogP contribution in [-0.4, -0.2) is 40.8 Å². The lowest BCUT2D eigenvalue weighted by molar-refractivity contribution is 0.0632. The summed E-state index contributed by atoms with van der Waals surface area (Å²) in [6.07, 6.45) is 2.35. The maximum atomic E-state index is 5.83. The highest BCUT2D eigenvalue weighted by molar-refractivity contribution is 7.99. The first-order chi connectivity index (χ1) is 11.3. The molecule has 1 aromatic carbocycles. The second kappa shape index (κ2) is 7.81. The summed E-state index contributed by atoms with van der Waals surface area (Å²) in [5.74, 6) is 3.11. The first-order valence-corrected chi connectivity index (χ1v) is 8.79. The van der Waals surface area contributed by atoms with E-state index in [1.165, 1.54) is 6.42 Å². The average molecular weight is 334 g/mol. The predicted molar refractivity (Wildman–Crippen MR) is 90.1 cm³/mol. The zero-order valence-electron chi connectivity index (χ0n) is 13.3. The highest BCUT2D eigenvalue weighted by atomic mass is 32.2. The molecule has 0 aliphatic carbocycles. The Balaban J connectivity index is 1.81. The van der Waals surface area contributed by atoms with Crippen LogP contribution in [0.4, 0.5) is 0 Å². The number of ether oxygens (including phenoxy) is 2. The number of hydrogen-bond acceptors (Lipinski definition) is 6. The number of methoxy groups -OCH3 is 1. The smallest absolute Gasteiger partial charge is 0.195 e. The van der Waals surface area contributed by atoms with Crippen molar-refractivity contribution in [1.82, 2.24) is 14.8 Å². The number of benzene rings is 1. The van der Waals surface area contributed by atoms with E-state index < -0.39 is 0 Å². The van der Waals surface area contributed by atoms with E-state index in [-0.39, 0.29) is 0 Å². The zero-order chi connectivity index (χ0) is 16.1. The summed E-state index contributed by atoms with van der Waals surface area (Å²) < 4.78 is 12.9. The Hall–Kier alpha value is -1.57. The molecule has 1 aliphatic rings. The lowest BCUT2D eigenvalue weighted by atomic mass is 10.1. The van der Waals surface area contributed by atoms with E-state index in [0.29, 0.717) is 12.5 Å². The molecule has 3 rings (SSSR count). The maximum Gasteiger partial charge on any atom is 0.195 e. The third kappa shape index (κ3) is 3.85. The molecule has 1 aromatic heterocycles. The van der Waals surface area contributed by atoms with Gasteiger partial charge in [-0.15, -0.1) is 10.2 Å². The molecular weight excluding hydrogens is 312 g/mol. The standard InChI is InChI=1S/C16H22N4O2S/c1-21-14-6-2-5-13(8-14)20-15(9-17)18-19-16(20)23-11-12-4-3-7-22-10-12/h2,5-6,8,12H,3-4,7,9-11,17H2,1H3/t12-/m1/s1. The average Bonchev–Trinajstić information content (AvgIpc) is 3.04. The predicted octanol–water partition coefficient (Wildman–Crippen LogP) is 2.25. The van der Waals surface area contributed by atoms with Crippen molar-refractivity contribution in [1.29, 1.82) is 0 Å². The van der Waals surface area contributed by atoms with Gasteiger partial charge in [-0.25, -0.2) is 0 Å². The van der Waals surface area contributed by atoms with Crippen molar-refractivity contribution >= 4 is 11.8 Å². The summed E-state index contributed by atoms with van der Waals surface area (Å²) in [4.78, 5) is 0. The van der Waals surface area contributed by atoms with Gasteiger partial charge in [0.05, 0.1) is 25.9 Å². The molecule has 23 heavy (non-hydrogen) atoms. The molecule has 1 aliphatic heterocycles.